The molecule has 2 aliphatic rings. The molecule has 8 heteroatoms. The van der Waals surface area contributed by atoms with Gasteiger partial charge >= 0.3 is 17.2 Å². The van der Waals surface area contributed by atoms with Gasteiger partial charge in [-0.25, -0.2) is 0 Å². The average Bonchev–Trinajstić information content (AvgIpc) is 3.29. The molecule has 0 spiro atoms. The fourth-order valence-electron chi connectivity index (χ4n) is 2.16. The first kappa shape index (κ1) is 23.7. The maximum Gasteiger partial charge on any atom is 0.332 e. The first-order valence-electron chi connectivity index (χ1n) is 9.60. The molecule has 6 nitrogen and oxygen atoms in total. The van der Waals surface area contributed by atoms with E-state index < -0.39 is 17.2 Å². The zero-order valence-electron chi connectivity index (χ0n) is 16.1. The third-order valence-corrected chi connectivity index (χ3v) is 5.84. The molecule has 0 aromatic heterocycles. The molecule has 0 aromatic carbocycles. The van der Waals surface area contributed by atoms with Gasteiger partial charge in [-0.05, 0) is 18.8 Å². The van der Waals surface area contributed by atoms with Gasteiger partial charge in [0, 0.05) is 0 Å². The second kappa shape index (κ2) is 16.8. The molecule has 2 rings (SSSR count). The van der Waals surface area contributed by atoms with Crippen molar-refractivity contribution in [1.29, 1.82) is 0 Å². The van der Waals surface area contributed by atoms with Crippen LogP contribution in [0.3, 0.4) is 0 Å². The third kappa shape index (κ3) is 14.4. The summed E-state index contributed by atoms with van der Waals surface area (Å²) >= 11 is 0. The van der Waals surface area contributed by atoms with E-state index in [1.807, 2.05) is 0 Å². The highest BCUT2D eigenvalue weighted by molar-refractivity contribution is 7.42. The summed E-state index contributed by atoms with van der Waals surface area (Å²) in [4.78, 5) is 0. The summed E-state index contributed by atoms with van der Waals surface area (Å²) in [6.45, 7) is 10.9. The van der Waals surface area contributed by atoms with Crippen molar-refractivity contribution in [3.8, 4) is 0 Å². The summed E-state index contributed by atoms with van der Waals surface area (Å²) in [6, 6.07) is 0. The fraction of sp³-hybridized carbons (Fsp3) is 1.00. The van der Waals surface area contributed by atoms with E-state index >= 15 is 0 Å². The van der Waals surface area contributed by atoms with Gasteiger partial charge in [0.25, 0.3) is 0 Å². The second-order valence-corrected chi connectivity index (χ2v) is 8.84. The molecule has 0 aliphatic carbocycles. The number of unbranched alkanes of at least 4 members (excludes halogenated alkanes) is 4. The molecule has 0 radical (unpaired) electrons. The average molecular weight is 398 g/mol. The van der Waals surface area contributed by atoms with Crippen molar-refractivity contribution < 1.29 is 27.1 Å². The van der Waals surface area contributed by atoms with Crippen LogP contribution in [0.5, 0.6) is 0 Å². The zero-order valence-corrected chi connectivity index (χ0v) is 17.9. The van der Waals surface area contributed by atoms with Gasteiger partial charge in [-0.2, -0.15) is 0 Å². The Morgan fingerprint density at radius 2 is 1.20 bits per heavy atom. The summed E-state index contributed by atoms with van der Waals surface area (Å²) in [5.41, 5.74) is 0. The van der Waals surface area contributed by atoms with E-state index in [-0.39, 0.29) is 0 Å². The molecule has 0 N–H and O–H groups in total. The molecule has 0 unspecified atom stereocenters. The van der Waals surface area contributed by atoms with Crippen LogP contribution in [0.1, 0.15) is 65.7 Å². The monoisotopic (exact) mass is 398 g/mol. The molecule has 150 valence electrons. The molecule has 2 saturated heterocycles. The van der Waals surface area contributed by atoms with Crippen molar-refractivity contribution >= 4 is 17.2 Å². The summed E-state index contributed by atoms with van der Waals surface area (Å²) in [5, 5.41) is 0. The summed E-state index contributed by atoms with van der Waals surface area (Å²) < 4.78 is 31.3. The van der Waals surface area contributed by atoms with Crippen LogP contribution in [0.2, 0.25) is 0 Å². The van der Waals surface area contributed by atoms with Crippen molar-refractivity contribution in [2.75, 3.05) is 39.6 Å². The lowest BCUT2D eigenvalue weighted by Gasteiger charge is -2.07. The van der Waals surface area contributed by atoms with Crippen molar-refractivity contribution in [1.82, 2.24) is 0 Å². The quantitative estimate of drug-likeness (QED) is 0.299. The molecule has 0 saturated carbocycles. The topological polar surface area (TPSA) is 55.4 Å². The maximum absolute atomic E-state index is 5.47. The third-order valence-electron chi connectivity index (χ3n) is 3.48. The van der Waals surface area contributed by atoms with Crippen LogP contribution < -0.4 is 0 Å². The number of rotatable bonds is 12. The first-order valence-corrected chi connectivity index (χ1v) is 11.8. The van der Waals surface area contributed by atoms with Crippen LogP contribution in [0.15, 0.2) is 0 Å². The normalized spacial score (nSPS) is 18.7. The molecule has 0 bridgehead atoms. The molecule has 0 amide bonds. The van der Waals surface area contributed by atoms with Crippen molar-refractivity contribution in [2.24, 2.45) is 5.92 Å². The van der Waals surface area contributed by atoms with E-state index in [2.05, 4.69) is 20.8 Å². The van der Waals surface area contributed by atoms with Crippen molar-refractivity contribution in [3.63, 3.8) is 0 Å². The van der Waals surface area contributed by atoms with Crippen LogP contribution in [0.4, 0.5) is 0 Å². The van der Waals surface area contributed by atoms with E-state index in [9.17, 15) is 0 Å². The molecule has 0 atom stereocenters. The zero-order chi connectivity index (χ0) is 18.2. The fourth-order valence-corrected chi connectivity index (χ4v) is 4.11. The molecule has 25 heavy (non-hydrogen) atoms. The van der Waals surface area contributed by atoms with Gasteiger partial charge in [0.2, 0.25) is 0 Å². The number of hydrogen-bond donors (Lipinski definition) is 0. The van der Waals surface area contributed by atoms with Crippen LogP contribution in [0, 0.1) is 5.92 Å². The first-order chi connectivity index (χ1) is 12.2. The Kier molecular flexibility index (Phi) is 15.9. The standard InChI is InChI=1S/C12H25O3P.C5H11O3P/c1-12(2)8-6-4-3-5-7-9-13-16-14-10-11-15-16;1-2-3-6-9-7-4-5-8-9/h12H,3-11H2,1-2H3;2-5H2,1H3. The Bertz CT molecular complexity index is 284. The molecular formula is C17H36O6P2. The van der Waals surface area contributed by atoms with E-state index in [4.69, 9.17) is 27.1 Å². The molecular weight excluding hydrogens is 362 g/mol. The SMILES string of the molecule is CC(C)CCCCCCCOP1OCCO1.CCCOP1OCCO1. The van der Waals surface area contributed by atoms with E-state index in [0.29, 0.717) is 26.4 Å². The molecule has 0 aromatic rings. The van der Waals surface area contributed by atoms with Gasteiger partial charge in [-0.1, -0.05) is 52.9 Å². The number of hydrogen-bond acceptors (Lipinski definition) is 6. The van der Waals surface area contributed by atoms with Crippen molar-refractivity contribution in [3.05, 3.63) is 0 Å². The van der Waals surface area contributed by atoms with Crippen LogP contribution in [0.25, 0.3) is 0 Å². The maximum atomic E-state index is 5.47. The van der Waals surface area contributed by atoms with Gasteiger partial charge in [0.05, 0.1) is 39.6 Å². The predicted octanol–water partition coefficient (Wildman–Crippen LogP) is 5.96. The highest BCUT2D eigenvalue weighted by Gasteiger charge is 2.18. The van der Waals surface area contributed by atoms with Gasteiger partial charge in [-0.15, -0.1) is 0 Å². The van der Waals surface area contributed by atoms with Crippen molar-refractivity contribution in [2.45, 2.75) is 65.7 Å². The Balaban J connectivity index is 0.000000293. The minimum absolute atomic E-state index is 0.690. The van der Waals surface area contributed by atoms with Crippen LogP contribution in [-0.2, 0) is 27.1 Å². The van der Waals surface area contributed by atoms with Crippen LogP contribution in [-0.4, -0.2) is 39.6 Å². The molecule has 2 fully saturated rings. The van der Waals surface area contributed by atoms with E-state index in [1.165, 1.54) is 32.1 Å². The van der Waals surface area contributed by atoms with Gasteiger partial charge < -0.3 is 27.1 Å². The minimum atomic E-state index is -0.981. The highest BCUT2D eigenvalue weighted by atomic mass is 31.2. The lowest BCUT2D eigenvalue weighted by Crippen LogP contribution is -1.91. The smallest absolute Gasteiger partial charge is 0.312 e. The Labute approximate surface area is 156 Å². The van der Waals surface area contributed by atoms with Crippen LogP contribution >= 0.6 is 17.2 Å². The van der Waals surface area contributed by atoms with Gasteiger partial charge in [0.15, 0.2) is 0 Å². The van der Waals surface area contributed by atoms with E-state index in [1.54, 1.807) is 0 Å². The lowest BCUT2D eigenvalue weighted by molar-refractivity contribution is 0.241. The van der Waals surface area contributed by atoms with Gasteiger partial charge in [-0.3, -0.25) is 0 Å². The summed E-state index contributed by atoms with van der Waals surface area (Å²) in [5.74, 6) is 0.850. The summed E-state index contributed by atoms with van der Waals surface area (Å²) in [6.07, 6.45) is 8.84. The lowest BCUT2D eigenvalue weighted by atomic mass is 10.0. The largest absolute Gasteiger partial charge is 0.332 e. The predicted molar refractivity (Wildman–Crippen MR) is 102 cm³/mol. The van der Waals surface area contributed by atoms with E-state index in [0.717, 1.165) is 32.0 Å². The highest BCUT2D eigenvalue weighted by Crippen LogP contribution is 2.43. The summed E-state index contributed by atoms with van der Waals surface area (Å²) in [7, 11) is -1.93. The second-order valence-electron chi connectivity index (χ2n) is 6.40. The molecule has 2 heterocycles. The van der Waals surface area contributed by atoms with Gasteiger partial charge in [0.1, 0.15) is 0 Å². The minimum Gasteiger partial charge on any atom is -0.312 e. The Morgan fingerprint density at radius 1 is 0.720 bits per heavy atom. The Hall–Kier alpha value is 0.620. The Morgan fingerprint density at radius 3 is 1.72 bits per heavy atom. The molecule has 2 aliphatic heterocycles.